The number of benzene rings is 1. The van der Waals surface area contributed by atoms with Gasteiger partial charge in [0.2, 0.25) is 5.91 Å². The number of thiophene rings is 1. The maximum Gasteiger partial charge on any atom is 0.317 e. The smallest absolute Gasteiger partial charge is 0.317 e. The molecule has 0 saturated carbocycles. The number of nitrogens with zero attached hydrogens (tertiary/aromatic N) is 2. The van der Waals surface area contributed by atoms with Crippen LogP contribution in [-0.2, 0) is 17.9 Å². The predicted molar refractivity (Wildman–Crippen MR) is 111 cm³/mol. The number of urea groups is 1. The van der Waals surface area contributed by atoms with Crippen molar-refractivity contribution in [2.45, 2.75) is 39.8 Å². The molecule has 0 aliphatic heterocycles. The van der Waals surface area contributed by atoms with E-state index >= 15 is 0 Å². The summed E-state index contributed by atoms with van der Waals surface area (Å²) in [5, 5.41) is 4.83. The van der Waals surface area contributed by atoms with Crippen LogP contribution in [0.15, 0.2) is 47.8 Å². The summed E-state index contributed by atoms with van der Waals surface area (Å²) >= 11 is 1.64. The fourth-order valence-corrected chi connectivity index (χ4v) is 3.47. The fraction of sp³-hybridized carbons (Fsp3) is 0.429. The highest BCUT2D eigenvalue weighted by molar-refractivity contribution is 7.09. The summed E-state index contributed by atoms with van der Waals surface area (Å²) in [6, 6.07) is 13.8. The maximum atomic E-state index is 13.1. The molecule has 6 heteroatoms. The number of rotatable bonds is 10. The summed E-state index contributed by atoms with van der Waals surface area (Å²) < 4.78 is 0. The zero-order chi connectivity index (χ0) is 19.5. The number of hydrogen-bond acceptors (Lipinski definition) is 3. The van der Waals surface area contributed by atoms with E-state index in [-0.39, 0.29) is 18.5 Å². The molecular weight excluding hydrogens is 358 g/mol. The molecule has 1 aromatic carbocycles. The first-order chi connectivity index (χ1) is 13.1. The molecule has 1 heterocycles. The van der Waals surface area contributed by atoms with Gasteiger partial charge in [-0.1, -0.05) is 49.7 Å². The fourth-order valence-electron chi connectivity index (χ4n) is 2.75. The molecule has 0 saturated heterocycles. The van der Waals surface area contributed by atoms with E-state index in [1.54, 1.807) is 16.2 Å². The van der Waals surface area contributed by atoms with Gasteiger partial charge in [0.15, 0.2) is 0 Å². The van der Waals surface area contributed by atoms with Crippen molar-refractivity contribution < 1.29 is 9.59 Å². The van der Waals surface area contributed by atoms with E-state index < -0.39 is 0 Å². The minimum atomic E-state index is -0.171. The van der Waals surface area contributed by atoms with Crippen LogP contribution >= 0.6 is 11.3 Å². The average Bonchev–Trinajstić information content (AvgIpc) is 3.18. The Balaban J connectivity index is 2.11. The Morgan fingerprint density at radius 1 is 1.00 bits per heavy atom. The van der Waals surface area contributed by atoms with Crippen LogP contribution in [0.3, 0.4) is 0 Å². The quantitative estimate of drug-likeness (QED) is 0.667. The van der Waals surface area contributed by atoms with Gasteiger partial charge in [-0.2, -0.15) is 0 Å². The summed E-state index contributed by atoms with van der Waals surface area (Å²) in [5.74, 6) is -0.0328. The molecule has 146 valence electrons. The van der Waals surface area contributed by atoms with Gasteiger partial charge in [0.1, 0.15) is 6.54 Å². The molecular formula is C21H29N3O2S. The third-order valence-corrected chi connectivity index (χ3v) is 5.08. The molecule has 0 bridgehead atoms. The summed E-state index contributed by atoms with van der Waals surface area (Å²) in [4.78, 5) is 30.0. The number of carbonyl (C=O) groups is 2. The topological polar surface area (TPSA) is 52.7 Å². The van der Waals surface area contributed by atoms with Gasteiger partial charge in [-0.05, 0) is 30.4 Å². The molecule has 0 aliphatic carbocycles. The zero-order valence-electron chi connectivity index (χ0n) is 16.2. The lowest BCUT2D eigenvalue weighted by Crippen LogP contribution is -2.46. The molecule has 5 nitrogen and oxygen atoms in total. The number of amides is 3. The Hall–Kier alpha value is -2.34. The summed E-state index contributed by atoms with van der Waals surface area (Å²) in [5.41, 5.74) is 1.08. The normalized spacial score (nSPS) is 10.4. The lowest BCUT2D eigenvalue weighted by atomic mass is 10.2. The van der Waals surface area contributed by atoms with Gasteiger partial charge < -0.3 is 15.1 Å². The Morgan fingerprint density at radius 2 is 1.78 bits per heavy atom. The maximum absolute atomic E-state index is 13.1. The molecule has 2 aromatic rings. The standard InChI is InChI=1S/C21H29N3O2S/c1-3-5-13-23(21(26)22-4-2)17-20(25)24(16-19-12-9-14-27-19)15-18-10-7-6-8-11-18/h6-12,14H,3-5,13,15-17H2,1-2H3,(H,22,26). The molecule has 3 amide bonds. The van der Waals surface area contributed by atoms with E-state index in [1.807, 2.05) is 59.7 Å². The Labute approximate surface area is 166 Å². The molecule has 0 unspecified atom stereocenters. The van der Waals surface area contributed by atoms with Crippen LogP contribution in [0.4, 0.5) is 4.79 Å². The number of unbranched alkanes of at least 4 members (excludes halogenated alkanes) is 1. The zero-order valence-corrected chi connectivity index (χ0v) is 17.0. The third-order valence-electron chi connectivity index (χ3n) is 4.22. The SMILES string of the molecule is CCCCN(CC(=O)N(Cc1ccccc1)Cc1cccs1)C(=O)NCC. The van der Waals surface area contributed by atoms with Crippen molar-refractivity contribution in [2.24, 2.45) is 0 Å². The van der Waals surface area contributed by atoms with Crippen LogP contribution in [0.1, 0.15) is 37.1 Å². The Bertz CT molecular complexity index is 689. The number of hydrogen-bond donors (Lipinski definition) is 1. The van der Waals surface area contributed by atoms with Crippen LogP contribution in [0, 0.1) is 0 Å². The minimum absolute atomic E-state index is 0.0328. The van der Waals surface area contributed by atoms with Crippen LogP contribution in [0.5, 0.6) is 0 Å². The first kappa shape index (κ1) is 21.0. The second-order valence-electron chi connectivity index (χ2n) is 6.43. The van der Waals surface area contributed by atoms with Gasteiger partial charge in [0.25, 0.3) is 0 Å². The summed E-state index contributed by atoms with van der Waals surface area (Å²) in [7, 11) is 0. The van der Waals surface area contributed by atoms with E-state index in [4.69, 9.17) is 0 Å². The molecule has 0 spiro atoms. The predicted octanol–water partition coefficient (Wildman–Crippen LogP) is 4.11. The van der Waals surface area contributed by atoms with Crippen LogP contribution < -0.4 is 5.32 Å². The van der Waals surface area contributed by atoms with Crippen molar-refractivity contribution in [3.63, 3.8) is 0 Å². The molecule has 0 radical (unpaired) electrons. The van der Waals surface area contributed by atoms with Gasteiger partial charge in [0, 0.05) is 24.5 Å². The van der Waals surface area contributed by atoms with E-state index in [1.165, 1.54) is 0 Å². The highest BCUT2D eigenvalue weighted by atomic mass is 32.1. The Kier molecular flexibility index (Phi) is 8.84. The number of carbonyl (C=O) groups excluding carboxylic acids is 2. The Morgan fingerprint density at radius 3 is 2.41 bits per heavy atom. The molecule has 2 rings (SSSR count). The van der Waals surface area contributed by atoms with E-state index in [0.29, 0.717) is 26.2 Å². The van der Waals surface area contributed by atoms with Crippen molar-refractivity contribution in [2.75, 3.05) is 19.6 Å². The molecule has 1 aromatic heterocycles. The lowest BCUT2D eigenvalue weighted by Gasteiger charge is -2.27. The molecule has 27 heavy (non-hydrogen) atoms. The van der Waals surface area contributed by atoms with Gasteiger partial charge in [-0.3, -0.25) is 4.79 Å². The monoisotopic (exact) mass is 387 g/mol. The van der Waals surface area contributed by atoms with Gasteiger partial charge in [-0.25, -0.2) is 4.79 Å². The highest BCUT2D eigenvalue weighted by Crippen LogP contribution is 2.15. The van der Waals surface area contributed by atoms with Crippen LogP contribution in [-0.4, -0.2) is 41.4 Å². The minimum Gasteiger partial charge on any atom is -0.338 e. The third kappa shape index (κ3) is 7.06. The largest absolute Gasteiger partial charge is 0.338 e. The molecule has 0 fully saturated rings. The van der Waals surface area contributed by atoms with Crippen molar-refractivity contribution in [3.05, 3.63) is 58.3 Å². The highest BCUT2D eigenvalue weighted by Gasteiger charge is 2.21. The first-order valence-electron chi connectivity index (χ1n) is 9.50. The van der Waals surface area contributed by atoms with Crippen molar-refractivity contribution >= 4 is 23.3 Å². The summed E-state index contributed by atoms with van der Waals surface area (Å²) in [6.45, 7) is 6.30. The van der Waals surface area contributed by atoms with Crippen molar-refractivity contribution in [1.82, 2.24) is 15.1 Å². The molecule has 0 atom stereocenters. The van der Waals surface area contributed by atoms with Crippen molar-refractivity contribution in [3.8, 4) is 0 Å². The lowest BCUT2D eigenvalue weighted by molar-refractivity contribution is -0.133. The second kappa shape index (κ2) is 11.4. The van der Waals surface area contributed by atoms with E-state index in [2.05, 4.69) is 12.2 Å². The van der Waals surface area contributed by atoms with E-state index in [0.717, 1.165) is 23.3 Å². The van der Waals surface area contributed by atoms with Gasteiger partial charge >= 0.3 is 6.03 Å². The number of nitrogens with one attached hydrogen (secondary N) is 1. The average molecular weight is 388 g/mol. The van der Waals surface area contributed by atoms with Gasteiger partial charge in [0.05, 0.1) is 6.54 Å². The first-order valence-corrected chi connectivity index (χ1v) is 10.4. The van der Waals surface area contributed by atoms with E-state index in [9.17, 15) is 9.59 Å². The second-order valence-corrected chi connectivity index (χ2v) is 7.46. The van der Waals surface area contributed by atoms with Crippen molar-refractivity contribution in [1.29, 1.82) is 0 Å². The van der Waals surface area contributed by atoms with Gasteiger partial charge in [-0.15, -0.1) is 11.3 Å². The summed E-state index contributed by atoms with van der Waals surface area (Å²) in [6.07, 6.45) is 1.86. The molecule has 0 aliphatic rings. The van der Waals surface area contributed by atoms with Crippen LogP contribution in [0.25, 0.3) is 0 Å². The van der Waals surface area contributed by atoms with Crippen LogP contribution in [0.2, 0.25) is 0 Å². The molecule has 1 N–H and O–H groups in total.